The van der Waals surface area contributed by atoms with Gasteiger partial charge in [0, 0.05) is 23.3 Å². The Morgan fingerprint density at radius 2 is 1.84 bits per heavy atom. The largest absolute Gasteiger partial charge is 0.324 e. The second-order valence-electron chi connectivity index (χ2n) is 6.33. The number of para-hydroxylation sites is 1. The number of amides is 2. The van der Waals surface area contributed by atoms with Crippen molar-refractivity contribution in [2.45, 2.75) is 33.6 Å². The molecule has 2 amide bonds. The van der Waals surface area contributed by atoms with Crippen LogP contribution in [0.5, 0.6) is 0 Å². The number of hydrogen-bond acceptors (Lipinski definition) is 2. The van der Waals surface area contributed by atoms with Crippen LogP contribution in [0.15, 0.2) is 42.5 Å². The van der Waals surface area contributed by atoms with Crippen molar-refractivity contribution in [3.63, 3.8) is 0 Å². The molecule has 0 saturated heterocycles. The second kappa shape index (κ2) is 8.17. The number of aryl methyl sites for hydroxylation is 1. The average Bonchev–Trinajstić information content (AvgIpc) is 2.55. The SMILES string of the molecule is CC(=O)N(CC(=O)Nc1cc(Cl)ccc1C)c1ccccc1C(C)C. The fourth-order valence-corrected chi connectivity index (χ4v) is 2.82. The lowest BCUT2D eigenvalue weighted by Gasteiger charge is -2.25. The van der Waals surface area contributed by atoms with Gasteiger partial charge in [-0.05, 0) is 42.2 Å². The lowest BCUT2D eigenvalue weighted by atomic mass is 10.0. The van der Waals surface area contributed by atoms with Crippen molar-refractivity contribution in [3.05, 3.63) is 58.6 Å². The first-order valence-corrected chi connectivity index (χ1v) is 8.60. The predicted molar refractivity (Wildman–Crippen MR) is 103 cm³/mol. The van der Waals surface area contributed by atoms with E-state index < -0.39 is 0 Å². The molecule has 0 saturated carbocycles. The average molecular weight is 359 g/mol. The lowest BCUT2D eigenvalue weighted by Crippen LogP contribution is -2.37. The first-order valence-electron chi connectivity index (χ1n) is 8.22. The summed E-state index contributed by atoms with van der Waals surface area (Å²) in [5.41, 5.74) is 3.36. The Labute approximate surface area is 153 Å². The molecule has 0 unspecified atom stereocenters. The van der Waals surface area contributed by atoms with Crippen LogP contribution >= 0.6 is 11.6 Å². The van der Waals surface area contributed by atoms with Gasteiger partial charge in [0.25, 0.3) is 0 Å². The molecule has 0 bridgehead atoms. The third kappa shape index (κ3) is 4.83. The molecular formula is C20H23ClN2O2. The highest BCUT2D eigenvalue weighted by Crippen LogP contribution is 2.27. The number of nitrogens with one attached hydrogen (secondary N) is 1. The van der Waals surface area contributed by atoms with Gasteiger partial charge in [0.05, 0.1) is 0 Å². The molecule has 0 aliphatic heterocycles. The monoisotopic (exact) mass is 358 g/mol. The van der Waals surface area contributed by atoms with E-state index in [0.717, 1.165) is 16.8 Å². The van der Waals surface area contributed by atoms with Crippen molar-refractivity contribution in [1.29, 1.82) is 0 Å². The van der Waals surface area contributed by atoms with Crippen LogP contribution in [0.2, 0.25) is 5.02 Å². The Balaban J connectivity index is 2.24. The van der Waals surface area contributed by atoms with Crippen molar-refractivity contribution in [2.75, 3.05) is 16.8 Å². The highest BCUT2D eigenvalue weighted by molar-refractivity contribution is 6.31. The van der Waals surface area contributed by atoms with Crippen LogP contribution in [-0.4, -0.2) is 18.4 Å². The molecule has 2 rings (SSSR count). The van der Waals surface area contributed by atoms with E-state index in [-0.39, 0.29) is 24.3 Å². The summed E-state index contributed by atoms with van der Waals surface area (Å²) in [7, 11) is 0. The topological polar surface area (TPSA) is 49.4 Å². The van der Waals surface area contributed by atoms with E-state index in [2.05, 4.69) is 19.2 Å². The quantitative estimate of drug-likeness (QED) is 0.837. The van der Waals surface area contributed by atoms with Gasteiger partial charge < -0.3 is 10.2 Å². The summed E-state index contributed by atoms with van der Waals surface area (Å²) in [6, 6.07) is 13.0. The zero-order valence-electron chi connectivity index (χ0n) is 15.0. The number of carbonyl (C=O) groups is 2. The number of carbonyl (C=O) groups excluding carboxylic acids is 2. The van der Waals surface area contributed by atoms with E-state index in [0.29, 0.717) is 10.7 Å². The summed E-state index contributed by atoms with van der Waals surface area (Å²) >= 11 is 5.99. The highest BCUT2D eigenvalue weighted by Gasteiger charge is 2.20. The smallest absolute Gasteiger partial charge is 0.244 e. The van der Waals surface area contributed by atoms with E-state index in [1.807, 2.05) is 37.3 Å². The normalized spacial score (nSPS) is 10.6. The Bertz CT molecular complexity index is 787. The predicted octanol–water partition coefficient (Wildman–Crippen LogP) is 4.76. The molecule has 0 atom stereocenters. The molecule has 5 heteroatoms. The van der Waals surface area contributed by atoms with Gasteiger partial charge in [-0.1, -0.05) is 49.7 Å². The molecule has 132 valence electrons. The van der Waals surface area contributed by atoms with Gasteiger partial charge in [0.1, 0.15) is 6.54 Å². The number of rotatable bonds is 5. The number of nitrogens with zero attached hydrogens (tertiary/aromatic N) is 1. The third-order valence-corrected chi connectivity index (χ3v) is 4.24. The van der Waals surface area contributed by atoms with Gasteiger partial charge in [0.2, 0.25) is 11.8 Å². The minimum absolute atomic E-state index is 0.0506. The Kier molecular flexibility index (Phi) is 6.21. The van der Waals surface area contributed by atoms with Gasteiger partial charge in [0.15, 0.2) is 0 Å². The summed E-state index contributed by atoms with van der Waals surface area (Å²) in [5.74, 6) is -0.193. The van der Waals surface area contributed by atoms with Crippen molar-refractivity contribution in [1.82, 2.24) is 0 Å². The van der Waals surface area contributed by atoms with E-state index in [9.17, 15) is 9.59 Å². The maximum Gasteiger partial charge on any atom is 0.244 e. The molecule has 2 aromatic carbocycles. The fourth-order valence-electron chi connectivity index (χ4n) is 2.65. The maximum atomic E-state index is 12.5. The van der Waals surface area contributed by atoms with Crippen LogP contribution in [-0.2, 0) is 9.59 Å². The molecule has 4 nitrogen and oxygen atoms in total. The van der Waals surface area contributed by atoms with Gasteiger partial charge in [-0.3, -0.25) is 9.59 Å². The molecule has 0 aliphatic carbocycles. The Morgan fingerprint density at radius 1 is 1.16 bits per heavy atom. The Morgan fingerprint density at radius 3 is 2.48 bits per heavy atom. The van der Waals surface area contributed by atoms with Crippen LogP contribution in [0, 0.1) is 6.92 Å². The molecule has 0 heterocycles. The molecule has 0 aliphatic rings. The van der Waals surface area contributed by atoms with Crippen LogP contribution in [0.1, 0.15) is 37.8 Å². The fraction of sp³-hybridized carbons (Fsp3) is 0.300. The molecule has 2 aromatic rings. The van der Waals surface area contributed by atoms with E-state index in [4.69, 9.17) is 11.6 Å². The van der Waals surface area contributed by atoms with Crippen molar-refractivity contribution in [3.8, 4) is 0 Å². The van der Waals surface area contributed by atoms with Gasteiger partial charge in [-0.25, -0.2) is 0 Å². The first-order chi connectivity index (χ1) is 11.8. The van der Waals surface area contributed by atoms with Gasteiger partial charge >= 0.3 is 0 Å². The molecule has 0 fully saturated rings. The minimum atomic E-state index is -0.265. The summed E-state index contributed by atoms with van der Waals surface area (Å²) in [6.45, 7) is 7.43. The summed E-state index contributed by atoms with van der Waals surface area (Å²) < 4.78 is 0. The van der Waals surface area contributed by atoms with Crippen LogP contribution in [0.4, 0.5) is 11.4 Å². The Hall–Kier alpha value is -2.33. The summed E-state index contributed by atoms with van der Waals surface area (Å²) in [6.07, 6.45) is 0. The van der Waals surface area contributed by atoms with E-state index in [1.165, 1.54) is 11.8 Å². The first kappa shape index (κ1) is 19.0. The molecular weight excluding hydrogens is 336 g/mol. The summed E-state index contributed by atoms with van der Waals surface area (Å²) in [5, 5.41) is 3.39. The van der Waals surface area contributed by atoms with Crippen LogP contribution in [0.3, 0.4) is 0 Å². The zero-order chi connectivity index (χ0) is 18.6. The number of benzene rings is 2. The maximum absolute atomic E-state index is 12.5. The lowest BCUT2D eigenvalue weighted by molar-refractivity contribution is -0.120. The van der Waals surface area contributed by atoms with E-state index in [1.54, 1.807) is 12.1 Å². The van der Waals surface area contributed by atoms with E-state index >= 15 is 0 Å². The standard InChI is InChI=1S/C20H23ClN2O2/c1-13(2)17-7-5-6-8-19(17)23(15(4)24)12-20(25)22-18-11-16(21)10-9-14(18)3/h5-11,13H,12H2,1-4H3,(H,22,25). The van der Waals surface area contributed by atoms with Crippen molar-refractivity contribution < 1.29 is 9.59 Å². The minimum Gasteiger partial charge on any atom is -0.324 e. The van der Waals surface area contributed by atoms with Gasteiger partial charge in [-0.15, -0.1) is 0 Å². The number of anilines is 2. The molecule has 0 radical (unpaired) electrons. The molecule has 25 heavy (non-hydrogen) atoms. The van der Waals surface area contributed by atoms with Crippen LogP contribution in [0.25, 0.3) is 0 Å². The molecule has 1 N–H and O–H groups in total. The van der Waals surface area contributed by atoms with Crippen LogP contribution < -0.4 is 10.2 Å². The summed E-state index contributed by atoms with van der Waals surface area (Å²) in [4.78, 5) is 26.2. The number of hydrogen-bond donors (Lipinski definition) is 1. The second-order valence-corrected chi connectivity index (χ2v) is 6.76. The molecule has 0 aromatic heterocycles. The van der Waals surface area contributed by atoms with Gasteiger partial charge in [-0.2, -0.15) is 0 Å². The van der Waals surface area contributed by atoms with Crippen molar-refractivity contribution in [2.24, 2.45) is 0 Å². The third-order valence-electron chi connectivity index (χ3n) is 4.01. The zero-order valence-corrected chi connectivity index (χ0v) is 15.7. The molecule has 0 spiro atoms. The van der Waals surface area contributed by atoms with Crippen molar-refractivity contribution >= 4 is 34.8 Å². The highest BCUT2D eigenvalue weighted by atomic mass is 35.5. The number of halogens is 1.